The highest BCUT2D eigenvalue weighted by Crippen LogP contribution is 2.62. The highest BCUT2D eigenvalue weighted by Gasteiger charge is 2.51. The Balaban J connectivity index is 1.09. The standard InChI is InChI=1S/C57H34N2OS/c1-2-17-37-35(15-1)16-13-22-38(37)39-18-3-4-20-42(39)50-34-51(45-24-14-23-44-43-21-6-12-30-54(43)61-55(44)45)59-56(58-50)36-31-32-41-40-19-5-7-25-46(40)57(49(41)33-36)47-26-8-10-28-52(47)60-53-29-11-9-27-48(53)57/h1-34H. The fourth-order valence-corrected chi connectivity index (χ4v) is 11.4. The number of aromatic nitrogens is 2. The van der Waals surface area contributed by atoms with Crippen LogP contribution >= 0.6 is 11.3 Å². The Morgan fingerprint density at radius 3 is 1.75 bits per heavy atom. The number of fused-ring (bicyclic) bond motifs is 13. The monoisotopic (exact) mass is 794 g/mol. The zero-order valence-electron chi connectivity index (χ0n) is 32.8. The van der Waals surface area contributed by atoms with Crippen LogP contribution in [0.15, 0.2) is 206 Å². The third-order valence-electron chi connectivity index (χ3n) is 12.8. The number of nitrogens with zero attached hydrogens (tertiary/aromatic N) is 2. The van der Waals surface area contributed by atoms with Crippen LogP contribution in [0.4, 0.5) is 0 Å². The summed E-state index contributed by atoms with van der Waals surface area (Å²) in [6.45, 7) is 0. The Morgan fingerprint density at radius 1 is 0.377 bits per heavy atom. The number of ether oxygens (including phenoxy) is 1. The van der Waals surface area contributed by atoms with Crippen LogP contribution in [-0.2, 0) is 5.41 Å². The number of para-hydroxylation sites is 2. The van der Waals surface area contributed by atoms with Crippen LogP contribution in [0, 0.1) is 0 Å². The Kier molecular flexibility index (Phi) is 7.39. The first-order valence-electron chi connectivity index (χ1n) is 20.7. The van der Waals surface area contributed by atoms with Gasteiger partial charge in [0, 0.05) is 48.0 Å². The van der Waals surface area contributed by atoms with E-state index in [2.05, 4.69) is 206 Å². The van der Waals surface area contributed by atoms with Crippen LogP contribution in [0.2, 0.25) is 0 Å². The molecule has 3 nitrogen and oxygen atoms in total. The lowest BCUT2D eigenvalue weighted by Gasteiger charge is -2.39. The fraction of sp³-hybridized carbons (Fsp3) is 0.0175. The molecule has 0 saturated heterocycles. The van der Waals surface area contributed by atoms with Gasteiger partial charge < -0.3 is 4.74 Å². The van der Waals surface area contributed by atoms with Crippen molar-refractivity contribution in [3.8, 4) is 67.7 Å². The van der Waals surface area contributed by atoms with Gasteiger partial charge in [-0.1, -0.05) is 176 Å². The number of hydrogen-bond donors (Lipinski definition) is 0. The molecule has 4 heteroatoms. The predicted molar refractivity (Wildman–Crippen MR) is 252 cm³/mol. The first-order chi connectivity index (χ1) is 30.2. The summed E-state index contributed by atoms with van der Waals surface area (Å²) in [6.07, 6.45) is 0. The minimum absolute atomic E-state index is 0.600. The molecule has 2 aliphatic rings. The van der Waals surface area contributed by atoms with Crippen molar-refractivity contribution in [3.05, 3.63) is 229 Å². The maximum Gasteiger partial charge on any atom is 0.160 e. The molecule has 61 heavy (non-hydrogen) atoms. The molecule has 1 spiro atoms. The molecule has 284 valence electrons. The molecule has 2 aromatic heterocycles. The highest BCUT2D eigenvalue weighted by molar-refractivity contribution is 7.26. The van der Waals surface area contributed by atoms with E-state index in [1.165, 1.54) is 58.8 Å². The number of hydrogen-bond acceptors (Lipinski definition) is 4. The molecule has 0 radical (unpaired) electrons. The van der Waals surface area contributed by atoms with Gasteiger partial charge in [-0.2, -0.15) is 0 Å². The van der Waals surface area contributed by atoms with Gasteiger partial charge in [0.05, 0.1) is 16.8 Å². The summed E-state index contributed by atoms with van der Waals surface area (Å²) in [6, 6.07) is 74.1. The molecular formula is C57H34N2OS. The molecule has 1 aliphatic carbocycles. The van der Waals surface area contributed by atoms with E-state index in [0.29, 0.717) is 5.82 Å². The quantitative estimate of drug-likeness (QED) is 0.178. The summed E-state index contributed by atoms with van der Waals surface area (Å²) in [5, 5.41) is 4.92. The summed E-state index contributed by atoms with van der Waals surface area (Å²) in [5.74, 6) is 2.42. The van der Waals surface area contributed by atoms with Crippen molar-refractivity contribution >= 4 is 42.3 Å². The van der Waals surface area contributed by atoms with Gasteiger partial charge in [0.25, 0.3) is 0 Å². The van der Waals surface area contributed by atoms with E-state index < -0.39 is 5.41 Å². The van der Waals surface area contributed by atoms with Gasteiger partial charge in [0.1, 0.15) is 11.5 Å². The fourth-order valence-electron chi connectivity index (χ4n) is 10.2. The van der Waals surface area contributed by atoms with Crippen molar-refractivity contribution in [2.75, 3.05) is 0 Å². The van der Waals surface area contributed by atoms with Crippen LogP contribution in [0.1, 0.15) is 22.3 Å². The Hall–Kier alpha value is -7.66. The third kappa shape index (κ3) is 4.97. The SMILES string of the molecule is c1ccc2c(c1)Oc1ccccc1C21c2ccccc2-c2ccc(-c3nc(-c4ccccc4-c4cccc5ccccc45)cc(-c4cccc5c4sc4ccccc45)n3)cc21. The van der Waals surface area contributed by atoms with Crippen LogP contribution in [0.5, 0.6) is 11.5 Å². The van der Waals surface area contributed by atoms with E-state index >= 15 is 0 Å². The van der Waals surface area contributed by atoms with Gasteiger partial charge in [0.15, 0.2) is 5.82 Å². The largest absolute Gasteiger partial charge is 0.457 e. The Bertz CT molecular complexity index is 3550. The smallest absolute Gasteiger partial charge is 0.160 e. The van der Waals surface area contributed by atoms with Crippen molar-refractivity contribution in [1.82, 2.24) is 9.97 Å². The maximum atomic E-state index is 6.65. The summed E-state index contributed by atoms with van der Waals surface area (Å²) in [5.41, 5.74) is 13.8. The summed E-state index contributed by atoms with van der Waals surface area (Å²) in [4.78, 5) is 11.1. The average molecular weight is 795 g/mol. The summed E-state index contributed by atoms with van der Waals surface area (Å²) >= 11 is 1.83. The average Bonchev–Trinajstić information content (AvgIpc) is 3.85. The van der Waals surface area contributed by atoms with Gasteiger partial charge in [-0.3, -0.25) is 0 Å². The molecule has 13 rings (SSSR count). The summed E-state index contributed by atoms with van der Waals surface area (Å²) < 4.78 is 9.13. The minimum atomic E-state index is -0.600. The van der Waals surface area contributed by atoms with Crippen molar-refractivity contribution in [2.24, 2.45) is 0 Å². The molecule has 11 aromatic rings. The second kappa shape index (κ2) is 13.2. The van der Waals surface area contributed by atoms with Crippen LogP contribution in [0.3, 0.4) is 0 Å². The van der Waals surface area contributed by atoms with E-state index in [1.807, 2.05) is 11.3 Å². The maximum absolute atomic E-state index is 6.65. The van der Waals surface area contributed by atoms with Crippen LogP contribution < -0.4 is 4.74 Å². The molecule has 1 aliphatic heterocycles. The molecule has 0 saturated carbocycles. The molecule has 0 N–H and O–H groups in total. The molecule has 0 unspecified atom stereocenters. The molecule has 3 heterocycles. The predicted octanol–water partition coefficient (Wildman–Crippen LogP) is 15.1. The Morgan fingerprint density at radius 2 is 0.934 bits per heavy atom. The molecular weight excluding hydrogens is 761 g/mol. The zero-order valence-corrected chi connectivity index (χ0v) is 33.7. The zero-order chi connectivity index (χ0) is 40.1. The van der Waals surface area contributed by atoms with Gasteiger partial charge in [-0.05, 0) is 74.5 Å². The minimum Gasteiger partial charge on any atom is -0.457 e. The number of thiophene rings is 1. The molecule has 0 atom stereocenters. The second-order valence-electron chi connectivity index (χ2n) is 16.0. The second-order valence-corrected chi connectivity index (χ2v) is 17.0. The molecule has 0 fully saturated rings. The van der Waals surface area contributed by atoms with E-state index in [-0.39, 0.29) is 0 Å². The van der Waals surface area contributed by atoms with Crippen molar-refractivity contribution in [3.63, 3.8) is 0 Å². The third-order valence-corrected chi connectivity index (χ3v) is 14.0. The van der Waals surface area contributed by atoms with Crippen molar-refractivity contribution in [2.45, 2.75) is 5.41 Å². The number of benzene rings is 9. The lowest BCUT2D eigenvalue weighted by atomic mass is 9.66. The normalized spacial score (nSPS) is 13.2. The summed E-state index contributed by atoms with van der Waals surface area (Å²) in [7, 11) is 0. The van der Waals surface area contributed by atoms with E-state index in [0.717, 1.165) is 56.3 Å². The Labute approximate surface area is 356 Å². The molecule has 9 aromatic carbocycles. The molecule has 0 bridgehead atoms. The topological polar surface area (TPSA) is 35.0 Å². The first kappa shape index (κ1) is 34.2. The van der Waals surface area contributed by atoms with E-state index in [4.69, 9.17) is 14.7 Å². The van der Waals surface area contributed by atoms with Gasteiger partial charge in [0.2, 0.25) is 0 Å². The lowest BCUT2D eigenvalue weighted by molar-refractivity contribution is 0.436. The highest BCUT2D eigenvalue weighted by atomic mass is 32.1. The number of rotatable bonds is 4. The van der Waals surface area contributed by atoms with Crippen LogP contribution in [0.25, 0.3) is 87.1 Å². The van der Waals surface area contributed by atoms with E-state index in [9.17, 15) is 0 Å². The molecule has 0 amide bonds. The van der Waals surface area contributed by atoms with Gasteiger partial charge in [-0.25, -0.2) is 9.97 Å². The lowest BCUT2D eigenvalue weighted by Crippen LogP contribution is -2.32. The van der Waals surface area contributed by atoms with Gasteiger partial charge >= 0.3 is 0 Å². The van der Waals surface area contributed by atoms with Crippen LogP contribution in [-0.4, -0.2) is 9.97 Å². The van der Waals surface area contributed by atoms with Gasteiger partial charge in [-0.15, -0.1) is 11.3 Å². The first-order valence-corrected chi connectivity index (χ1v) is 21.5. The van der Waals surface area contributed by atoms with E-state index in [1.54, 1.807) is 0 Å². The van der Waals surface area contributed by atoms with Crippen molar-refractivity contribution < 1.29 is 4.74 Å². The van der Waals surface area contributed by atoms with Crippen molar-refractivity contribution in [1.29, 1.82) is 0 Å².